The van der Waals surface area contributed by atoms with Crippen molar-refractivity contribution in [2.24, 2.45) is 0 Å². The third-order valence-electron chi connectivity index (χ3n) is 5.27. The number of nitrogens with zero attached hydrogens (tertiary/aromatic N) is 1. The van der Waals surface area contributed by atoms with E-state index in [0.29, 0.717) is 29.1 Å². The number of anilines is 1. The van der Waals surface area contributed by atoms with Gasteiger partial charge in [0.1, 0.15) is 5.82 Å². The molecule has 3 aromatic rings. The second-order valence-corrected chi connectivity index (χ2v) is 7.74. The number of fused-ring (bicyclic) bond motifs is 1. The molecular weight excluding hydrogens is 403 g/mol. The fourth-order valence-corrected chi connectivity index (χ4v) is 3.77. The molecule has 0 aromatic heterocycles. The Morgan fingerprint density at radius 2 is 1.80 bits per heavy atom. The lowest BCUT2D eigenvalue weighted by Gasteiger charge is -2.19. The van der Waals surface area contributed by atoms with Crippen LogP contribution in [-0.2, 0) is 6.42 Å². The van der Waals surface area contributed by atoms with Gasteiger partial charge < -0.3 is 10.2 Å². The van der Waals surface area contributed by atoms with Gasteiger partial charge in [-0.25, -0.2) is 4.39 Å². The predicted octanol–water partition coefficient (Wildman–Crippen LogP) is 5.17. The molecule has 2 amide bonds. The van der Waals surface area contributed by atoms with Gasteiger partial charge in [0.15, 0.2) is 0 Å². The third-order valence-corrected chi connectivity index (χ3v) is 5.52. The van der Waals surface area contributed by atoms with E-state index in [0.717, 1.165) is 16.8 Å². The molecule has 0 fully saturated rings. The molecule has 6 heteroatoms. The van der Waals surface area contributed by atoms with Crippen LogP contribution in [0.25, 0.3) is 0 Å². The fraction of sp³-hybridized carbons (Fsp3) is 0.167. The minimum absolute atomic E-state index is 0.178. The fourth-order valence-electron chi connectivity index (χ4n) is 3.64. The molecule has 0 aliphatic carbocycles. The van der Waals surface area contributed by atoms with E-state index in [2.05, 4.69) is 5.32 Å². The molecular formula is C24H20ClFN2O2. The Morgan fingerprint density at radius 1 is 1.03 bits per heavy atom. The molecule has 0 saturated carbocycles. The summed E-state index contributed by atoms with van der Waals surface area (Å²) in [5, 5.41) is 3.56. The summed E-state index contributed by atoms with van der Waals surface area (Å²) in [4.78, 5) is 26.9. The van der Waals surface area contributed by atoms with Crippen LogP contribution in [0.2, 0.25) is 5.02 Å². The Hall–Kier alpha value is -3.18. The zero-order chi connectivity index (χ0) is 21.3. The molecule has 0 spiro atoms. The van der Waals surface area contributed by atoms with Gasteiger partial charge in [-0.05, 0) is 73.0 Å². The standard InChI is InChI=1S/C24H20ClFN2O2/c1-15(27-23(29)16-5-8-20(25)9-6-16)17-7-10-22-18(13-17)11-12-28(22)24(30)19-3-2-4-21(26)14-19/h2-10,13-15H,11-12H2,1H3,(H,27,29). The molecule has 1 N–H and O–H groups in total. The van der Waals surface area contributed by atoms with Crippen molar-refractivity contribution in [2.45, 2.75) is 19.4 Å². The molecule has 4 nitrogen and oxygen atoms in total. The molecule has 1 aliphatic rings. The van der Waals surface area contributed by atoms with Crippen molar-refractivity contribution in [1.29, 1.82) is 0 Å². The number of nitrogens with one attached hydrogen (secondary N) is 1. The Balaban J connectivity index is 1.50. The molecule has 1 unspecified atom stereocenters. The van der Waals surface area contributed by atoms with Crippen molar-refractivity contribution in [3.8, 4) is 0 Å². The van der Waals surface area contributed by atoms with Gasteiger partial charge in [-0.15, -0.1) is 0 Å². The number of amides is 2. The van der Waals surface area contributed by atoms with Crippen molar-refractivity contribution in [2.75, 3.05) is 11.4 Å². The van der Waals surface area contributed by atoms with E-state index in [4.69, 9.17) is 11.6 Å². The number of halogens is 2. The van der Waals surface area contributed by atoms with E-state index >= 15 is 0 Å². The Morgan fingerprint density at radius 3 is 2.53 bits per heavy atom. The molecule has 0 radical (unpaired) electrons. The van der Waals surface area contributed by atoms with Crippen LogP contribution in [0.15, 0.2) is 66.7 Å². The highest BCUT2D eigenvalue weighted by molar-refractivity contribution is 6.30. The SMILES string of the molecule is CC(NC(=O)c1ccc(Cl)cc1)c1ccc2c(c1)CCN2C(=O)c1cccc(F)c1. The number of carbonyl (C=O) groups excluding carboxylic acids is 2. The van der Waals surface area contributed by atoms with Crippen molar-refractivity contribution >= 4 is 29.1 Å². The maximum absolute atomic E-state index is 13.5. The van der Waals surface area contributed by atoms with E-state index in [1.165, 1.54) is 18.2 Å². The van der Waals surface area contributed by atoms with Crippen LogP contribution < -0.4 is 10.2 Å². The van der Waals surface area contributed by atoms with E-state index in [9.17, 15) is 14.0 Å². The molecule has 1 heterocycles. The second-order valence-electron chi connectivity index (χ2n) is 7.31. The summed E-state index contributed by atoms with van der Waals surface area (Å²) in [6, 6.07) is 18.1. The van der Waals surface area contributed by atoms with Gasteiger partial charge in [-0.2, -0.15) is 0 Å². The summed E-state index contributed by atoms with van der Waals surface area (Å²) < 4.78 is 13.5. The summed E-state index contributed by atoms with van der Waals surface area (Å²) in [5.41, 5.74) is 3.68. The zero-order valence-electron chi connectivity index (χ0n) is 16.4. The molecule has 30 heavy (non-hydrogen) atoms. The third kappa shape index (κ3) is 4.07. The van der Waals surface area contributed by atoms with E-state index in [1.807, 2.05) is 25.1 Å². The maximum atomic E-state index is 13.5. The highest BCUT2D eigenvalue weighted by atomic mass is 35.5. The van der Waals surface area contributed by atoms with Crippen molar-refractivity contribution in [3.63, 3.8) is 0 Å². The molecule has 0 saturated heterocycles. The lowest BCUT2D eigenvalue weighted by Crippen LogP contribution is -2.29. The van der Waals surface area contributed by atoms with Gasteiger partial charge >= 0.3 is 0 Å². The first-order valence-electron chi connectivity index (χ1n) is 9.69. The minimum atomic E-state index is -0.430. The van der Waals surface area contributed by atoms with Crippen LogP contribution in [-0.4, -0.2) is 18.4 Å². The molecule has 3 aromatic carbocycles. The van der Waals surface area contributed by atoms with Crippen molar-refractivity contribution < 1.29 is 14.0 Å². The first kappa shape index (κ1) is 20.1. The van der Waals surface area contributed by atoms with Crippen LogP contribution in [0.3, 0.4) is 0 Å². The largest absolute Gasteiger partial charge is 0.346 e. The molecule has 152 valence electrons. The number of hydrogen-bond acceptors (Lipinski definition) is 2. The molecule has 1 aliphatic heterocycles. The Labute approximate surface area is 179 Å². The van der Waals surface area contributed by atoms with Gasteiger partial charge in [0.2, 0.25) is 0 Å². The Bertz CT molecular complexity index is 1110. The highest BCUT2D eigenvalue weighted by Crippen LogP contribution is 2.32. The number of benzene rings is 3. The monoisotopic (exact) mass is 422 g/mol. The van der Waals surface area contributed by atoms with Crippen molar-refractivity contribution in [3.05, 3.63) is 99.8 Å². The summed E-state index contributed by atoms with van der Waals surface area (Å²) >= 11 is 5.87. The molecule has 4 rings (SSSR count). The van der Waals surface area contributed by atoms with Crippen LogP contribution in [0, 0.1) is 5.82 Å². The van der Waals surface area contributed by atoms with E-state index in [-0.39, 0.29) is 17.9 Å². The van der Waals surface area contributed by atoms with Crippen LogP contribution in [0.1, 0.15) is 44.8 Å². The summed E-state index contributed by atoms with van der Waals surface area (Å²) in [6.07, 6.45) is 0.710. The lowest BCUT2D eigenvalue weighted by molar-refractivity contribution is 0.0938. The first-order chi connectivity index (χ1) is 14.4. The minimum Gasteiger partial charge on any atom is -0.346 e. The van der Waals surface area contributed by atoms with Gasteiger partial charge in [-0.1, -0.05) is 29.8 Å². The highest BCUT2D eigenvalue weighted by Gasteiger charge is 2.26. The lowest BCUT2D eigenvalue weighted by atomic mass is 10.0. The normalized spacial score (nSPS) is 13.6. The van der Waals surface area contributed by atoms with E-state index in [1.54, 1.807) is 35.2 Å². The topological polar surface area (TPSA) is 49.4 Å². The Kier molecular flexibility index (Phi) is 5.55. The van der Waals surface area contributed by atoms with Gasteiger partial charge in [-0.3, -0.25) is 9.59 Å². The molecule has 0 bridgehead atoms. The van der Waals surface area contributed by atoms with Crippen LogP contribution in [0.4, 0.5) is 10.1 Å². The summed E-state index contributed by atoms with van der Waals surface area (Å²) in [5.74, 6) is -0.825. The van der Waals surface area contributed by atoms with Crippen LogP contribution in [0.5, 0.6) is 0 Å². The van der Waals surface area contributed by atoms with E-state index < -0.39 is 5.82 Å². The second kappa shape index (κ2) is 8.28. The smallest absolute Gasteiger partial charge is 0.258 e. The quantitative estimate of drug-likeness (QED) is 0.630. The van der Waals surface area contributed by atoms with Crippen molar-refractivity contribution in [1.82, 2.24) is 5.32 Å². The summed E-state index contributed by atoms with van der Waals surface area (Å²) in [6.45, 7) is 2.46. The average Bonchev–Trinajstić information content (AvgIpc) is 3.16. The van der Waals surface area contributed by atoms with Gasteiger partial charge in [0.05, 0.1) is 6.04 Å². The van der Waals surface area contributed by atoms with Crippen LogP contribution >= 0.6 is 11.6 Å². The summed E-state index contributed by atoms with van der Waals surface area (Å²) in [7, 11) is 0. The van der Waals surface area contributed by atoms with Gasteiger partial charge in [0, 0.05) is 28.4 Å². The number of carbonyl (C=O) groups is 2. The predicted molar refractivity (Wildman–Crippen MR) is 116 cm³/mol. The first-order valence-corrected chi connectivity index (χ1v) is 10.1. The maximum Gasteiger partial charge on any atom is 0.258 e. The average molecular weight is 423 g/mol. The number of rotatable bonds is 4. The molecule has 1 atom stereocenters. The van der Waals surface area contributed by atoms with Gasteiger partial charge in [0.25, 0.3) is 11.8 Å². The zero-order valence-corrected chi connectivity index (χ0v) is 17.1. The number of hydrogen-bond donors (Lipinski definition) is 1.